The maximum atomic E-state index is 13.2. The third-order valence-corrected chi connectivity index (χ3v) is 4.48. The van der Waals surface area contributed by atoms with E-state index in [-0.39, 0.29) is 23.3 Å². The molecular formula is C19H22F2N4O2. The molecule has 1 saturated carbocycles. The molecule has 1 heterocycles. The molecule has 0 saturated heterocycles. The molecule has 0 spiro atoms. The lowest BCUT2D eigenvalue weighted by molar-refractivity contribution is -0.127. The molecule has 8 heteroatoms. The number of hydrogen-bond acceptors (Lipinski definition) is 3. The number of aromatic amines is 1. The normalized spacial score (nSPS) is 15.3. The first-order valence-corrected chi connectivity index (χ1v) is 8.71. The van der Waals surface area contributed by atoms with Gasteiger partial charge in [0.05, 0.1) is 6.42 Å². The smallest absolute Gasteiger partial charge is 0.251 e. The quantitative estimate of drug-likeness (QED) is 0.750. The van der Waals surface area contributed by atoms with Gasteiger partial charge >= 0.3 is 0 Å². The second-order valence-corrected chi connectivity index (χ2v) is 7.96. The van der Waals surface area contributed by atoms with Crippen LogP contribution in [0, 0.1) is 11.6 Å². The van der Waals surface area contributed by atoms with Crippen molar-refractivity contribution in [2.24, 2.45) is 0 Å². The summed E-state index contributed by atoms with van der Waals surface area (Å²) in [5.41, 5.74) is -0.0472. The van der Waals surface area contributed by atoms with Crippen LogP contribution in [0.5, 0.6) is 0 Å². The highest BCUT2D eigenvalue weighted by molar-refractivity contribution is 6.02. The van der Waals surface area contributed by atoms with Gasteiger partial charge in [0.1, 0.15) is 17.2 Å². The summed E-state index contributed by atoms with van der Waals surface area (Å²) in [6.45, 7) is 6.05. The summed E-state index contributed by atoms with van der Waals surface area (Å²) >= 11 is 0. The van der Waals surface area contributed by atoms with E-state index in [0.717, 1.165) is 23.9 Å². The van der Waals surface area contributed by atoms with Crippen LogP contribution in [0.3, 0.4) is 0 Å². The Morgan fingerprint density at radius 3 is 2.30 bits per heavy atom. The Hall–Kier alpha value is -2.77. The van der Waals surface area contributed by atoms with E-state index in [1.165, 1.54) is 0 Å². The molecule has 2 aromatic rings. The van der Waals surface area contributed by atoms with Gasteiger partial charge in [0.25, 0.3) is 5.91 Å². The minimum Gasteiger partial charge on any atom is -0.341 e. The van der Waals surface area contributed by atoms with Crippen LogP contribution in [-0.4, -0.2) is 27.6 Å². The number of rotatable bonds is 5. The molecule has 1 fully saturated rings. The van der Waals surface area contributed by atoms with Crippen molar-refractivity contribution in [3.63, 3.8) is 0 Å². The van der Waals surface area contributed by atoms with Crippen LogP contribution in [0.15, 0.2) is 24.3 Å². The maximum Gasteiger partial charge on any atom is 0.251 e. The van der Waals surface area contributed by atoms with Gasteiger partial charge in [-0.2, -0.15) is 5.10 Å². The molecule has 3 rings (SSSR count). The van der Waals surface area contributed by atoms with Crippen molar-refractivity contribution in [3.8, 4) is 0 Å². The molecule has 144 valence electrons. The van der Waals surface area contributed by atoms with Gasteiger partial charge in [0.15, 0.2) is 5.82 Å². The van der Waals surface area contributed by atoms with Crippen LogP contribution in [0.1, 0.15) is 44.9 Å². The fourth-order valence-electron chi connectivity index (χ4n) is 2.75. The van der Waals surface area contributed by atoms with Gasteiger partial charge in [-0.05, 0) is 30.5 Å². The number of anilines is 1. The number of nitrogens with one attached hydrogen (secondary N) is 3. The van der Waals surface area contributed by atoms with Crippen molar-refractivity contribution in [1.29, 1.82) is 0 Å². The van der Waals surface area contributed by atoms with Gasteiger partial charge in [0, 0.05) is 23.2 Å². The maximum absolute atomic E-state index is 13.2. The monoisotopic (exact) mass is 376 g/mol. The van der Waals surface area contributed by atoms with Crippen molar-refractivity contribution in [2.45, 2.75) is 51.0 Å². The van der Waals surface area contributed by atoms with Crippen LogP contribution in [0.4, 0.5) is 14.6 Å². The second-order valence-electron chi connectivity index (χ2n) is 7.96. The standard InChI is InChI=1S/C19H22F2N4O2/c1-18(2,3)14-10-15(25-24-14)22-17(27)19(4-5-19)23-16(26)8-11-6-12(20)9-13(21)7-11/h6-7,9-10H,4-5,8H2,1-3H3,(H,23,26)(H2,22,24,25,27). The predicted octanol–water partition coefficient (Wildman–Crippen LogP) is 2.82. The van der Waals surface area contributed by atoms with E-state index < -0.39 is 23.1 Å². The van der Waals surface area contributed by atoms with Crippen LogP contribution in [-0.2, 0) is 21.4 Å². The van der Waals surface area contributed by atoms with E-state index in [4.69, 9.17) is 0 Å². The van der Waals surface area contributed by atoms with E-state index in [9.17, 15) is 18.4 Å². The minimum atomic E-state index is -0.996. The van der Waals surface area contributed by atoms with E-state index in [2.05, 4.69) is 20.8 Å². The fraction of sp³-hybridized carbons (Fsp3) is 0.421. The third kappa shape index (κ3) is 4.50. The van der Waals surface area contributed by atoms with E-state index in [0.29, 0.717) is 18.7 Å². The zero-order valence-electron chi connectivity index (χ0n) is 15.5. The zero-order chi connectivity index (χ0) is 19.8. The van der Waals surface area contributed by atoms with Crippen LogP contribution in [0.25, 0.3) is 0 Å². The summed E-state index contributed by atoms with van der Waals surface area (Å²) in [6.07, 6.45) is 0.789. The number of benzene rings is 1. The SMILES string of the molecule is CC(C)(C)c1cc(NC(=O)C2(NC(=O)Cc3cc(F)cc(F)c3)CC2)n[nH]1. The molecule has 0 aliphatic heterocycles. The Bertz CT molecular complexity index is 862. The van der Waals surface area contributed by atoms with Gasteiger partial charge < -0.3 is 10.6 Å². The molecule has 1 aliphatic rings. The van der Waals surface area contributed by atoms with Gasteiger partial charge in [-0.3, -0.25) is 14.7 Å². The van der Waals surface area contributed by atoms with Crippen LogP contribution >= 0.6 is 0 Å². The topological polar surface area (TPSA) is 86.9 Å². The highest BCUT2D eigenvalue weighted by atomic mass is 19.1. The molecule has 2 amide bonds. The van der Waals surface area contributed by atoms with Gasteiger partial charge in [-0.25, -0.2) is 8.78 Å². The van der Waals surface area contributed by atoms with Gasteiger partial charge in [-0.1, -0.05) is 20.8 Å². The van der Waals surface area contributed by atoms with Crippen LogP contribution < -0.4 is 10.6 Å². The fourth-order valence-corrected chi connectivity index (χ4v) is 2.75. The summed E-state index contributed by atoms with van der Waals surface area (Å²) in [4.78, 5) is 24.8. The van der Waals surface area contributed by atoms with E-state index >= 15 is 0 Å². The molecule has 6 nitrogen and oxygen atoms in total. The summed E-state index contributed by atoms with van der Waals surface area (Å²) in [6, 6.07) is 4.69. The lowest BCUT2D eigenvalue weighted by Gasteiger charge is -2.17. The van der Waals surface area contributed by atoms with Gasteiger partial charge in [-0.15, -0.1) is 0 Å². The Labute approximate surface area is 155 Å². The van der Waals surface area contributed by atoms with E-state index in [1.807, 2.05) is 20.8 Å². The Kier molecular flexibility index (Phi) is 4.75. The first-order valence-electron chi connectivity index (χ1n) is 8.71. The molecule has 1 aliphatic carbocycles. The number of hydrogen-bond donors (Lipinski definition) is 3. The summed E-state index contributed by atoms with van der Waals surface area (Å²) in [5.74, 6) is -1.93. The summed E-state index contributed by atoms with van der Waals surface area (Å²) in [5, 5.41) is 12.3. The van der Waals surface area contributed by atoms with Crippen molar-refractivity contribution in [2.75, 3.05) is 5.32 Å². The first-order chi connectivity index (χ1) is 12.6. The van der Waals surface area contributed by atoms with Crippen molar-refractivity contribution in [1.82, 2.24) is 15.5 Å². The highest BCUT2D eigenvalue weighted by Gasteiger charge is 2.51. The second kappa shape index (κ2) is 6.75. The molecule has 0 radical (unpaired) electrons. The molecule has 0 bridgehead atoms. The Balaban J connectivity index is 1.62. The Morgan fingerprint density at radius 1 is 1.15 bits per heavy atom. The molecule has 1 aromatic heterocycles. The molecule has 3 N–H and O–H groups in total. The van der Waals surface area contributed by atoms with E-state index in [1.54, 1.807) is 6.07 Å². The zero-order valence-corrected chi connectivity index (χ0v) is 15.5. The number of aromatic nitrogens is 2. The number of halogens is 2. The van der Waals surface area contributed by atoms with Gasteiger partial charge in [0.2, 0.25) is 5.91 Å². The highest BCUT2D eigenvalue weighted by Crippen LogP contribution is 2.36. The molecule has 1 aromatic carbocycles. The molecule has 27 heavy (non-hydrogen) atoms. The van der Waals surface area contributed by atoms with Crippen LogP contribution in [0.2, 0.25) is 0 Å². The average Bonchev–Trinajstić information content (AvgIpc) is 3.13. The Morgan fingerprint density at radius 2 is 1.78 bits per heavy atom. The lowest BCUT2D eigenvalue weighted by Crippen LogP contribution is -2.46. The number of carbonyl (C=O) groups excluding carboxylic acids is 2. The largest absolute Gasteiger partial charge is 0.341 e. The number of H-pyrrole nitrogens is 1. The lowest BCUT2D eigenvalue weighted by atomic mass is 9.92. The average molecular weight is 376 g/mol. The number of amides is 2. The summed E-state index contributed by atoms with van der Waals surface area (Å²) in [7, 11) is 0. The van der Waals surface area contributed by atoms with Crippen molar-refractivity contribution >= 4 is 17.6 Å². The first kappa shape index (κ1) is 19.0. The number of nitrogens with zero attached hydrogens (tertiary/aromatic N) is 1. The van der Waals surface area contributed by atoms with Crippen molar-refractivity contribution in [3.05, 3.63) is 47.2 Å². The van der Waals surface area contributed by atoms with Crippen molar-refractivity contribution < 1.29 is 18.4 Å². The molecular weight excluding hydrogens is 354 g/mol. The summed E-state index contributed by atoms with van der Waals surface area (Å²) < 4.78 is 26.5. The molecule has 0 atom stereocenters. The molecule has 0 unspecified atom stereocenters. The minimum absolute atomic E-state index is 0.137. The predicted molar refractivity (Wildman–Crippen MR) is 96.1 cm³/mol. The number of carbonyl (C=O) groups is 2. The third-order valence-electron chi connectivity index (χ3n) is 4.48.